The van der Waals surface area contributed by atoms with Crippen LogP contribution in [0.3, 0.4) is 0 Å². The highest BCUT2D eigenvalue weighted by atomic mass is 16.6. The lowest BCUT2D eigenvalue weighted by Gasteiger charge is -2.22. The van der Waals surface area contributed by atoms with Crippen LogP contribution in [0.5, 0.6) is 11.5 Å². The molecule has 29 heavy (non-hydrogen) atoms. The maximum atomic E-state index is 12.2. The van der Waals surface area contributed by atoms with E-state index in [1.807, 2.05) is 12.1 Å². The maximum absolute atomic E-state index is 12.2. The van der Waals surface area contributed by atoms with Crippen LogP contribution in [0.4, 0.5) is 11.4 Å². The van der Waals surface area contributed by atoms with Crippen molar-refractivity contribution in [2.24, 2.45) is 5.10 Å². The summed E-state index contributed by atoms with van der Waals surface area (Å²) in [5, 5.41) is 14.7. The van der Waals surface area contributed by atoms with Gasteiger partial charge in [-0.2, -0.15) is 5.10 Å². The SMILES string of the molecule is COc1cc(N2CCCC2)c(OC)cc1/C=N\NC(=O)c1ccc([N+](=O)[O-])cc1. The molecular formula is C20H22N4O5. The zero-order chi connectivity index (χ0) is 20.8. The molecule has 9 heteroatoms. The fourth-order valence-corrected chi connectivity index (χ4v) is 3.17. The Morgan fingerprint density at radius 2 is 1.79 bits per heavy atom. The highest BCUT2D eigenvalue weighted by Gasteiger charge is 2.19. The number of hydrogen-bond acceptors (Lipinski definition) is 7. The molecule has 0 unspecified atom stereocenters. The number of nitrogens with zero attached hydrogens (tertiary/aromatic N) is 3. The smallest absolute Gasteiger partial charge is 0.271 e. The van der Waals surface area contributed by atoms with Gasteiger partial charge in [0.25, 0.3) is 11.6 Å². The zero-order valence-electron chi connectivity index (χ0n) is 16.3. The molecule has 152 valence electrons. The molecule has 0 spiro atoms. The van der Waals surface area contributed by atoms with Gasteiger partial charge in [0.15, 0.2) is 0 Å². The van der Waals surface area contributed by atoms with Gasteiger partial charge < -0.3 is 14.4 Å². The minimum absolute atomic E-state index is 0.0834. The van der Waals surface area contributed by atoms with Crippen molar-refractivity contribution < 1.29 is 19.2 Å². The summed E-state index contributed by atoms with van der Waals surface area (Å²) >= 11 is 0. The van der Waals surface area contributed by atoms with Gasteiger partial charge in [-0.3, -0.25) is 14.9 Å². The van der Waals surface area contributed by atoms with Crippen LogP contribution in [-0.2, 0) is 0 Å². The van der Waals surface area contributed by atoms with Gasteiger partial charge in [0.1, 0.15) is 11.5 Å². The van der Waals surface area contributed by atoms with Crippen LogP contribution in [-0.4, -0.2) is 44.4 Å². The number of rotatable bonds is 7. The number of nitro groups is 1. The maximum Gasteiger partial charge on any atom is 0.271 e. The first-order valence-electron chi connectivity index (χ1n) is 9.12. The van der Waals surface area contributed by atoms with Crippen molar-refractivity contribution >= 4 is 23.5 Å². The van der Waals surface area contributed by atoms with Crippen molar-refractivity contribution in [1.29, 1.82) is 0 Å². The van der Waals surface area contributed by atoms with Crippen molar-refractivity contribution in [2.45, 2.75) is 12.8 Å². The van der Waals surface area contributed by atoms with Gasteiger partial charge in [0.05, 0.1) is 31.0 Å². The lowest BCUT2D eigenvalue weighted by Crippen LogP contribution is -2.19. The van der Waals surface area contributed by atoms with Gasteiger partial charge in [-0.15, -0.1) is 0 Å². The predicted molar refractivity (Wildman–Crippen MR) is 109 cm³/mol. The van der Waals surface area contributed by atoms with Gasteiger partial charge in [-0.25, -0.2) is 5.43 Å². The number of hydrazone groups is 1. The Labute approximate surface area is 168 Å². The van der Waals surface area contributed by atoms with Crippen molar-refractivity contribution in [3.05, 3.63) is 57.6 Å². The molecule has 1 saturated heterocycles. The molecule has 1 amide bonds. The lowest BCUT2D eigenvalue weighted by molar-refractivity contribution is -0.384. The molecule has 1 aliphatic rings. The van der Waals surface area contributed by atoms with Crippen LogP contribution in [0, 0.1) is 10.1 Å². The molecule has 1 aliphatic heterocycles. The second-order valence-electron chi connectivity index (χ2n) is 6.46. The molecule has 1 heterocycles. The van der Waals surface area contributed by atoms with Crippen LogP contribution in [0.1, 0.15) is 28.8 Å². The van der Waals surface area contributed by atoms with Gasteiger partial charge in [-0.05, 0) is 31.0 Å². The number of non-ortho nitro benzene ring substituents is 1. The molecule has 3 rings (SSSR count). The molecule has 0 aromatic heterocycles. The molecule has 9 nitrogen and oxygen atoms in total. The minimum Gasteiger partial charge on any atom is -0.496 e. The molecule has 0 radical (unpaired) electrons. The van der Waals surface area contributed by atoms with Gasteiger partial charge in [0.2, 0.25) is 0 Å². The summed E-state index contributed by atoms with van der Waals surface area (Å²) in [6, 6.07) is 9.00. The average molecular weight is 398 g/mol. The molecule has 1 N–H and O–H groups in total. The van der Waals surface area contributed by atoms with E-state index < -0.39 is 10.8 Å². The molecule has 0 saturated carbocycles. The molecule has 2 aromatic rings. The molecule has 0 aliphatic carbocycles. The van der Waals surface area contributed by atoms with Crippen LogP contribution in [0.15, 0.2) is 41.5 Å². The Morgan fingerprint density at radius 1 is 1.14 bits per heavy atom. The van der Waals surface area contributed by atoms with E-state index in [0.29, 0.717) is 17.1 Å². The second kappa shape index (κ2) is 9.05. The number of carbonyl (C=O) groups is 1. The first-order chi connectivity index (χ1) is 14.0. The zero-order valence-corrected chi connectivity index (χ0v) is 16.3. The summed E-state index contributed by atoms with van der Waals surface area (Å²) in [6.45, 7) is 1.94. The Kier molecular flexibility index (Phi) is 6.28. The summed E-state index contributed by atoms with van der Waals surface area (Å²) in [5.41, 5.74) is 4.21. The number of nitro benzene ring substituents is 1. The molecule has 1 fully saturated rings. The van der Waals surface area contributed by atoms with Gasteiger partial charge in [-0.1, -0.05) is 0 Å². The number of carbonyl (C=O) groups excluding carboxylic acids is 1. The van der Waals surface area contributed by atoms with Crippen LogP contribution in [0.2, 0.25) is 0 Å². The average Bonchev–Trinajstić information content (AvgIpc) is 3.28. The third-order valence-corrected chi connectivity index (χ3v) is 4.69. The quantitative estimate of drug-likeness (QED) is 0.437. The summed E-state index contributed by atoms with van der Waals surface area (Å²) < 4.78 is 11.0. The minimum atomic E-state index is -0.523. The van der Waals surface area contributed by atoms with E-state index in [9.17, 15) is 14.9 Å². The summed E-state index contributed by atoms with van der Waals surface area (Å²) in [4.78, 5) is 24.6. The van der Waals surface area contributed by atoms with Gasteiger partial charge >= 0.3 is 0 Å². The van der Waals surface area contributed by atoms with E-state index in [4.69, 9.17) is 9.47 Å². The Hall–Kier alpha value is -3.62. The highest BCUT2D eigenvalue weighted by Crippen LogP contribution is 2.36. The summed E-state index contributed by atoms with van der Waals surface area (Å²) in [7, 11) is 3.18. The topological polar surface area (TPSA) is 106 Å². The van der Waals surface area contributed by atoms with E-state index in [1.165, 1.54) is 30.5 Å². The first kappa shape index (κ1) is 20.1. The number of nitrogens with one attached hydrogen (secondary N) is 1. The fourth-order valence-electron chi connectivity index (χ4n) is 3.17. The van der Waals surface area contributed by atoms with Gasteiger partial charge in [0, 0.05) is 42.4 Å². The van der Waals surface area contributed by atoms with E-state index in [0.717, 1.165) is 31.6 Å². The van der Waals surface area contributed by atoms with E-state index in [2.05, 4.69) is 15.4 Å². The highest BCUT2D eigenvalue weighted by molar-refractivity contribution is 5.95. The fraction of sp³-hybridized carbons (Fsp3) is 0.300. The second-order valence-corrected chi connectivity index (χ2v) is 6.46. The Balaban J connectivity index is 1.75. The number of ether oxygens (including phenoxy) is 2. The predicted octanol–water partition coefficient (Wildman–Crippen LogP) is 2.98. The third kappa shape index (κ3) is 4.63. The normalized spacial score (nSPS) is 13.5. The number of amides is 1. The van der Waals surface area contributed by atoms with E-state index >= 15 is 0 Å². The largest absolute Gasteiger partial charge is 0.496 e. The van der Waals surface area contributed by atoms with E-state index in [1.54, 1.807) is 14.2 Å². The summed E-state index contributed by atoms with van der Waals surface area (Å²) in [5.74, 6) is 0.840. The number of hydrogen-bond donors (Lipinski definition) is 1. The van der Waals surface area contributed by atoms with Crippen LogP contribution < -0.4 is 19.8 Å². The van der Waals surface area contributed by atoms with E-state index in [-0.39, 0.29) is 11.3 Å². The monoisotopic (exact) mass is 398 g/mol. The Morgan fingerprint density at radius 3 is 2.38 bits per heavy atom. The van der Waals surface area contributed by atoms with Crippen LogP contribution >= 0.6 is 0 Å². The van der Waals surface area contributed by atoms with Crippen molar-refractivity contribution in [2.75, 3.05) is 32.2 Å². The molecule has 0 bridgehead atoms. The number of anilines is 1. The standard InChI is InChI=1S/C20H22N4O5/c1-28-18-12-17(23-9-3-4-10-23)19(29-2)11-15(18)13-21-22-20(25)14-5-7-16(8-6-14)24(26)27/h5-8,11-13H,3-4,9-10H2,1-2H3,(H,22,25)/b21-13-. The van der Waals surface area contributed by atoms with Crippen molar-refractivity contribution in [3.8, 4) is 11.5 Å². The first-order valence-corrected chi connectivity index (χ1v) is 9.12. The van der Waals surface area contributed by atoms with Crippen molar-refractivity contribution in [3.63, 3.8) is 0 Å². The molecule has 0 atom stereocenters. The van der Waals surface area contributed by atoms with Crippen molar-refractivity contribution in [1.82, 2.24) is 5.43 Å². The Bertz CT molecular complexity index is 921. The summed E-state index contributed by atoms with van der Waals surface area (Å²) in [6.07, 6.45) is 3.76. The number of benzene rings is 2. The number of methoxy groups -OCH3 is 2. The van der Waals surface area contributed by atoms with Crippen LogP contribution in [0.25, 0.3) is 0 Å². The third-order valence-electron chi connectivity index (χ3n) is 4.69. The lowest BCUT2D eigenvalue weighted by atomic mass is 10.1. The molecule has 2 aromatic carbocycles. The molecular weight excluding hydrogens is 376 g/mol.